The van der Waals surface area contributed by atoms with Gasteiger partial charge in [-0.25, -0.2) is 4.79 Å². The number of nitrogens with two attached hydrogens (primary N) is 3. The summed E-state index contributed by atoms with van der Waals surface area (Å²) in [5.74, 6) is -1.53. The second-order valence-electron chi connectivity index (χ2n) is 11.6. The highest BCUT2D eigenvalue weighted by Crippen LogP contribution is 2.28. The van der Waals surface area contributed by atoms with Gasteiger partial charge in [-0.15, -0.1) is 0 Å². The molecule has 0 aromatic carbocycles. The molecule has 0 radical (unpaired) electrons. The minimum atomic E-state index is -1.08. The molecule has 15 heteroatoms. The fourth-order valence-electron chi connectivity index (χ4n) is 5.97. The number of aliphatic hydroxyl groups is 2. The summed E-state index contributed by atoms with van der Waals surface area (Å²) in [5, 5.41) is 19.6. The van der Waals surface area contributed by atoms with E-state index in [9.17, 15) is 29.4 Å². The Kier molecular flexibility index (Phi) is 50.7. The normalized spacial score (nSPS) is 18.3. The molecule has 314 valence electrons. The van der Waals surface area contributed by atoms with E-state index in [1.165, 1.54) is 40.6 Å². The van der Waals surface area contributed by atoms with Crippen LogP contribution in [-0.4, -0.2) is 85.6 Å². The summed E-state index contributed by atoms with van der Waals surface area (Å²) in [5.41, 5.74) is 16.6. The predicted octanol–water partition coefficient (Wildman–Crippen LogP) is -3.93. The molecule has 12 nitrogen and oxygen atoms in total. The summed E-state index contributed by atoms with van der Waals surface area (Å²) in [6.07, 6.45) is 14.3. The molecule has 8 N–H and O–H groups in total. The van der Waals surface area contributed by atoms with Gasteiger partial charge in [0.25, 0.3) is 0 Å². The molecule has 0 amide bonds. The monoisotopic (exact) mass is 800 g/mol. The zero-order chi connectivity index (χ0) is 35.7. The molecule has 0 heterocycles. The van der Waals surface area contributed by atoms with Crippen molar-refractivity contribution in [2.75, 3.05) is 21.3 Å². The predicted molar refractivity (Wildman–Crippen MR) is 195 cm³/mol. The van der Waals surface area contributed by atoms with Gasteiger partial charge in [0.1, 0.15) is 12.1 Å². The van der Waals surface area contributed by atoms with Gasteiger partial charge in [0.2, 0.25) is 0 Å². The van der Waals surface area contributed by atoms with Gasteiger partial charge in [0.05, 0.1) is 33.5 Å². The molecule has 0 saturated heterocycles. The van der Waals surface area contributed by atoms with Crippen molar-refractivity contribution < 1.29 is 82.2 Å². The van der Waals surface area contributed by atoms with E-state index in [4.69, 9.17) is 17.2 Å². The fraction of sp³-hybridized carbons (Fsp3) is 0.889. The number of methoxy groups -OCH3 is 3. The third kappa shape index (κ3) is 25.4. The fourth-order valence-corrected chi connectivity index (χ4v) is 5.97. The van der Waals surface area contributed by atoms with Crippen LogP contribution in [0.4, 0.5) is 0 Å². The van der Waals surface area contributed by atoms with Gasteiger partial charge in [0.15, 0.2) is 11.8 Å². The number of Topliss-reactive ketones (excluding diaryl/α,β-unsaturated/α-hetero) is 1. The van der Waals surface area contributed by atoms with E-state index >= 15 is 0 Å². The number of ketones is 1. The Balaban J connectivity index is -0.0000000840. The summed E-state index contributed by atoms with van der Waals surface area (Å²) < 4.78 is 13.4. The van der Waals surface area contributed by atoms with Crippen molar-refractivity contribution in [1.29, 1.82) is 0 Å². The van der Waals surface area contributed by atoms with Crippen molar-refractivity contribution in [3.8, 4) is 0 Å². The number of aliphatic hydroxyl groups excluding tert-OH is 2. The number of rotatable bonds is 9. The van der Waals surface area contributed by atoms with Crippen LogP contribution in [0.1, 0.15) is 140 Å². The number of halogens is 3. The molecule has 0 aromatic heterocycles. The van der Waals surface area contributed by atoms with E-state index < -0.39 is 48.2 Å². The van der Waals surface area contributed by atoms with E-state index in [-0.39, 0.29) is 77.0 Å². The number of esters is 3. The van der Waals surface area contributed by atoms with Gasteiger partial charge in [-0.1, -0.05) is 100 Å². The lowest BCUT2D eigenvalue weighted by atomic mass is 9.83. The van der Waals surface area contributed by atoms with Crippen LogP contribution in [0.15, 0.2) is 0 Å². The van der Waals surface area contributed by atoms with Gasteiger partial charge in [-0.05, 0) is 50.4 Å². The SMILES string of the molecule is C.C.CC.CC.COC(=O)C(N)C(=O)C1CCCCC1.COC(=O)[C@@H](N)[C@@H](O)C1CCCCC1.COC(=O)[C@H](N)[C@H](O)C1CCCCC1.[Cl-].[Cl-].[Cl-].[HH]. The van der Waals surface area contributed by atoms with Gasteiger partial charge >= 0.3 is 17.9 Å². The number of ether oxygens (including phenoxy) is 3. The van der Waals surface area contributed by atoms with Crippen LogP contribution in [0.5, 0.6) is 0 Å². The van der Waals surface area contributed by atoms with Crippen molar-refractivity contribution in [3.63, 3.8) is 0 Å². The molecule has 0 aliphatic heterocycles. The van der Waals surface area contributed by atoms with E-state index in [1.807, 2.05) is 27.7 Å². The van der Waals surface area contributed by atoms with Crippen molar-refractivity contribution in [1.82, 2.24) is 0 Å². The summed E-state index contributed by atoms with van der Waals surface area (Å²) in [6.45, 7) is 8.00. The van der Waals surface area contributed by atoms with Crippen LogP contribution in [-0.2, 0) is 33.4 Å². The molecule has 3 aliphatic carbocycles. The second kappa shape index (κ2) is 39.9. The lowest BCUT2D eigenvalue weighted by Crippen LogP contribution is -3.00. The number of carbonyl (C=O) groups is 4. The minimum absolute atomic E-state index is 0. The molecule has 5 atom stereocenters. The highest BCUT2D eigenvalue weighted by atomic mass is 35.5. The first-order valence-corrected chi connectivity index (χ1v) is 17.4. The number of hydrogen-bond donors (Lipinski definition) is 5. The minimum Gasteiger partial charge on any atom is -1.00 e. The topological polar surface area (TPSA) is 214 Å². The Morgan fingerprint density at radius 3 is 1.04 bits per heavy atom. The largest absolute Gasteiger partial charge is 1.00 e. The van der Waals surface area contributed by atoms with Crippen LogP contribution in [0.2, 0.25) is 0 Å². The maximum atomic E-state index is 11.7. The maximum absolute atomic E-state index is 11.7. The lowest BCUT2D eigenvalue weighted by Gasteiger charge is -2.28. The first kappa shape index (κ1) is 64.7. The van der Waals surface area contributed by atoms with Crippen molar-refractivity contribution in [3.05, 3.63) is 0 Å². The molecular formula is C36H77Cl3N3O9-3. The van der Waals surface area contributed by atoms with Crippen molar-refractivity contribution in [2.45, 2.75) is 169 Å². The Labute approximate surface area is 330 Å². The molecule has 0 aromatic rings. The summed E-state index contributed by atoms with van der Waals surface area (Å²) >= 11 is 0. The van der Waals surface area contributed by atoms with E-state index in [2.05, 4.69) is 14.2 Å². The first-order chi connectivity index (χ1) is 22.0. The highest BCUT2D eigenvalue weighted by Gasteiger charge is 2.33. The quantitative estimate of drug-likeness (QED) is 0.0860. The molecule has 3 rings (SSSR count). The van der Waals surface area contributed by atoms with Gasteiger partial charge in [-0.2, -0.15) is 0 Å². The van der Waals surface area contributed by atoms with Crippen LogP contribution in [0, 0.1) is 17.8 Å². The summed E-state index contributed by atoms with van der Waals surface area (Å²) in [4.78, 5) is 44.9. The van der Waals surface area contributed by atoms with Gasteiger partial charge in [0, 0.05) is 7.34 Å². The highest BCUT2D eigenvalue weighted by molar-refractivity contribution is 6.03. The van der Waals surface area contributed by atoms with Gasteiger partial charge < -0.3 is 78.8 Å². The maximum Gasteiger partial charge on any atom is 0.330 e. The summed E-state index contributed by atoms with van der Waals surface area (Å²) in [7, 11) is 3.82. The average molecular weight is 802 g/mol. The number of carbonyl (C=O) groups excluding carboxylic acids is 4. The molecule has 3 saturated carbocycles. The van der Waals surface area contributed by atoms with Gasteiger partial charge in [-0.3, -0.25) is 14.4 Å². The van der Waals surface area contributed by atoms with Crippen LogP contribution in [0.3, 0.4) is 0 Å². The Morgan fingerprint density at radius 1 is 0.529 bits per heavy atom. The molecule has 0 spiro atoms. The number of hydrogen-bond acceptors (Lipinski definition) is 12. The van der Waals surface area contributed by atoms with Crippen LogP contribution < -0.4 is 54.4 Å². The first-order valence-electron chi connectivity index (χ1n) is 17.4. The molecule has 0 bridgehead atoms. The van der Waals surface area contributed by atoms with Crippen LogP contribution in [0.25, 0.3) is 0 Å². The smallest absolute Gasteiger partial charge is 0.330 e. The standard InChI is InChI=1S/2C10H19NO3.C10H17NO3.2C2H6.2CH4.3ClH.H2/c3*1-14-10(13)8(11)9(12)7-5-3-2-4-6-7;2*1-2;;;;;;/h2*7-9,12H,2-6,11H2,1H3;7-8H,2-6,11H2,1H3;2*1-2H3;2*1H4;4*1H/p-3/t2*8-,9-;;;;;;;;;/m10........./s1. The average Bonchev–Trinajstić information content (AvgIpc) is 3.15. The molecule has 51 heavy (non-hydrogen) atoms. The lowest BCUT2D eigenvalue weighted by molar-refractivity contribution is -0.147. The molecule has 3 fully saturated rings. The third-order valence-corrected chi connectivity index (χ3v) is 8.72. The zero-order valence-electron chi connectivity index (χ0n) is 30.8. The second-order valence-corrected chi connectivity index (χ2v) is 11.6. The Hall–Kier alpha value is -1.25. The van der Waals surface area contributed by atoms with E-state index in [0.29, 0.717) is 0 Å². The molecular weight excluding hydrogens is 725 g/mol. The molecule has 3 aliphatic rings. The van der Waals surface area contributed by atoms with Crippen LogP contribution >= 0.6 is 0 Å². The van der Waals surface area contributed by atoms with E-state index in [0.717, 1.165) is 77.0 Å². The third-order valence-electron chi connectivity index (χ3n) is 8.72. The Bertz CT molecular complexity index is 794. The van der Waals surface area contributed by atoms with Crippen molar-refractivity contribution >= 4 is 23.7 Å². The van der Waals surface area contributed by atoms with E-state index in [1.54, 1.807) is 0 Å². The summed E-state index contributed by atoms with van der Waals surface area (Å²) in [6, 6.07) is -2.85. The zero-order valence-corrected chi connectivity index (χ0v) is 33.1. The Morgan fingerprint density at radius 2 is 0.784 bits per heavy atom. The molecule has 1 unspecified atom stereocenters. The van der Waals surface area contributed by atoms with Crippen molar-refractivity contribution in [2.24, 2.45) is 35.0 Å².